The standard InChI is InChI=1S/C9H10N2O3/c10-8(12)6-3-4-11(6)9(13)7-2-1-5-14-7/h1-2,5-6H,3-4H2,(H2,10,12). The molecule has 2 rings (SSSR count). The molecule has 1 fully saturated rings. The van der Waals surface area contributed by atoms with Crippen LogP contribution in [-0.2, 0) is 4.79 Å². The van der Waals surface area contributed by atoms with E-state index in [9.17, 15) is 9.59 Å². The van der Waals surface area contributed by atoms with E-state index < -0.39 is 11.9 Å². The highest BCUT2D eigenvalue weighted by Crippen LogP contribution is 2.20. The fourth-order valence-corrected chi connectivity index (χ4v) is 1.47. The third kappa shape index (κ3) is 1.26. The van der Waals surface area contributed by atoms with Crippen LogP contribution < -0.4 is 5.73 Å². The van der Waals surface area contributed by atoms with E-state index in [4.69, 9.17) is 10.2 Å². The Morgan fingerprint density at radius 1 is 1.57 bits per heavy atom. The lowest BCUT2D eigenvalue weighted by atomic mass is 10.0. The van der Waals surface area contributed by atoms with Crippen molar-refractivity contribution in [3.05, 3.63) is 24.2 Å². The number of rotatable bonds is 2. The van der Waals surface area contributed by atoms with E-state index in [1.807, 2.05) is 0 Å². The molecular weight excluding hydrogens is 184 g/mol. The summed E-state index contributed by atoms with van der Waals surface area (Å²) in [6, 6.07) is 2.73. The number of hydrogen-bond acceptors (Lipinski definition) is 3. The van der Waals surface area contributed by atoms with Gasteiger partial charge in [-0.2, -0.15) is 0 Å². The van der Waals surface area contributed by atoms with Crippen molar-refractivity contribution in [3.8, 4) is 0 Å². The Morgan fingerprint density at radius 2 is 2.36 bits per heavy atom. The Labute approximate surface area is 80.5 Å². The molecular formula is C9H10N2O3. The zero-order valence-electron chi connectivity index (χ0n) is 7.47. The van der Waals surface area contributed by atoms with E-state index in [-0.39, 0.29) is 11.7 Å². The first-order chi connectivity index (χ1) is 6.70. The zero-order valence-corrected chi connectivity index (χ0v) is 7.47. The van der Waals surface area contributed by atoms with Crippen LogP contribution >= 0.6 is 0 Å². The Morgan fingerprint density at radius 3 is 2.79 bits per heavy atom. The van der Waals surface area contributed by atoms with Gasteiger partial charge in [0.25, 0.3) is 5.91 Å². The van der Waals surface area contributed by atoms with Crippen molar-refractivity contribution in [2.75, 3.05) is 6.54 Å². The molecule has 5 heteroatoms. The number of furan rings is 1. The number of nitrogens with two attached hydrogens (primary N) is 1. The highest BCUT2D eigenvalue weighted by Gasteiger charge is 2.37. The first kappa shape index (κ1) is 8.80. The molecule has 5 nitrogen and oxygen atoms in total. The quantitative estimate of drug-likeness (QED) is 0.718. The van der Waals surface area contributed by atoms with E-state index in [2.05, 4.69) is 0 Å². The van der Waals surface area contributed by atoms with Gasteiger partial charge in [-0.3, -0.25) is 9.59 Å². The smallest absolute Gasteiger partial charge is 0.290 e. The largest absolute Gasteiger partial charge is 0.459 e. The maximum Gasteiger partial charge on any atom is 0.290 e. The van der Waals surface area contributed by atoms with Crippen LogP contribution in [0.5, 0.6) is 0 Å². The Balaban J connectivity index is 2.10. The molecule has 1 aromatic rings. The Hall–Kier alpha value is -1.78. The van der Waals surface area contributed by atoms with Crippen molar-refractivity contribution in [1.82, 2.24) is 4.90 Å². The normalized spacial score (nSPS) is 20.3. The minimum Gasteiger partial charge on any atom is -0.459 e. The van der Waals surface area contributed by atoms with Crippen LogP contribution in [0.25, 0.3) is 0 Å². The molecule has 0 aliphatic carbocycles. The summed E-state index contributed by atoms with van der Waals surface area (Å²) in [6.45, 7) is 0.563. The molecule has 2 amide bonds. The van der Waals surface area contributed by atoms with Gasteiger partial charge in [-0.15, -0.1) is 0 Å². The van der Waals surface area contributed by atoms with Crippen LogP contribution in [0.4, 0.5) is 0 Å². The molecule has 1 atom stereocenters. The second-order valence-corrected chi connectivity index (χ2v) is 3.18. The molecule has 1 aromatic heterocycles. The van der Waals surface area contributed by atoms with Crippen molar-refractivity contribution in [2.45, 2.75) is 12.5 Å². The minimum atomic E-state index is -0.465. The topological polar surface area (TPSA) is 76.5 Å². The lowest BCUT2D eigenvalue weighted by Crippen LogP contribution is -2.57. The van der Waals surface area contributed by atoms with Crippen LogP contribution in [0.1, 0.15) is 17.0 Å². The van der Waals surface area contributed by atoms with Crippen LogP contribution in [0.3, 0.4) is 0 Å². The predicted molar refractivity (Wildman–Crippen MR) is 47.3 cm³/mol. The molecule has 2 N–H and O–H groups in total. The summed E-state index contributed by atoms with van der Waals surface area (Å²) in [4.78, 5) is 23.9. The summed E-state index contributed by atoms with van der Waals surface area (Å²) < 4.78 is 4.94. The lowest BCUT2D eigenvalue weighted by molar-refractivity contribution is -0.125. The van der Waals surface area contributed by atoms with Gasteiger partial charge in [-0.05, 0) is 18.6 Å². The second-order valence-electron chi connectivity index (χ2n) is 3.18. The van der Waals surface area contributed by atoms with Gasteiger partial charge >= 0.3 is 0 Å². The molecule has 0 spiro atoms. The summed E-state index contributed by atoms with van der Waals surface area (Å²) in [7, 11) is 0. The molecule has 1 aliphatic heterocycles. The number of likely N-dealkylation sites (tertiary alicyclic amines) is 1. The molecule has 1 unspecified atom stereocenters. The first-order valence-corrected chi connectivity index (χ1v) is 4.34. The molecule has 0 saturated carbocycles. The van der Waals surface area contributed by atoms with Gasteiger partial charge in [0.1, 0.15) is 6.04 Å². The number of nitrogens with zero attached hydrogens (tertiary/aromatic N) is 1. The average molecular weight is 194 g/mol. The zero-order chi connectivity index (χ0) is 10.1. The summed E-state index contributed by atoms with van der Waals surface area (Å²) in [5.41, 5.74) is 5.12. The van der Waals surface area contributed by atoms with E-state index >= 15 is 0 Å². The van der Waals surface area contributed by atoms with Crippen molar-refractivity contribution in [3.63, 3.8) is 0 Å². The molecule has 1 saturated heterocycles. The van der Waals surface area contributed by atoms with Crippen LogP contribution in [0.15, 0.2) is 22.8 Å². The molecule has 14 heavy (non-hydrogen) atoms. The number of carbonyl (C=O) groups excluding carboxylic acids is 2. The van der Waals surface area contributed by atoms with E-state index in [0.29, 0.717) is 13.0 Å². The number of carbonyl (C=O) groups is 2. The van der Waals surface area contributed by atoms with Gasteiger partial charge < -0.3 is 15.1 Å². The number of amides is 2. The molecule has 0 radical (unpaired) electrons. The van der Waals surface area contributed by atoms with Gasteiger partial charge in [0, 0.05) is 6.54 Å². The van der Waals surface area contributed by atoms with Crippen LogP contribution in [0, 0.1) is 0 Å². The van der Waals surface area contributed by atoms with Crippen molar-refractivity contribution in [2.24, 2.45) is 5.73 Å². The predicted octanol–water partition coefficient (Wildman–Crippen LogP) is -0.0206. The molecule has 74 valence electrons. The number of hydrogen-bond donors (Lipinski definition) is 1. The van der Waals surface area contributed by atoms with E-state index in [1.54, 1.807) is 12.1 Å². The summed E-state index contributed by atoms with van der Waals surface area (Å²) in [6.07, 6.45) is 2.06. The second kappa shape index (κ2) is 3.17. The SMILES string of the molecule is NC(=O)C1CCN1C(=O)c1ccco1. The van der Waals surface area contributed by atoms with Crippen molar-refractivity contribution < 1.29 is 14.0 Å². The van der Waals surface area contributed by atoms with Gasteiger partial charge in [0.15, 0.2) is 5.76 Å². The van der Waals surface area contributed by atoms with Crippen LogP contribution in [0.2, 0.25) is 0 Å². The van der Waals surface area contributed by atoms with Crippen molar-refractivity contribution in [1.29, 1.82) is 0 Å². The van der Waals surface area contributed by atoms with Crippen molar-refractivity contribution >= 4 is 11.8 Å². The summed E-state index contributed by atoms with van der Waals surface area (Å²) in [5, 5.41) is 0. The lowest BCUT2D eigenvalue weighted by Gasteiger charge is -2.37. The van der Waals surface area contributed by atoms with Gasteiger partial charge in [-0.25, -0.2) is 0 Å². The molecule has 0 aromatic carbocycles. The van der Waals surface area contributed by atoms with Gasteiger partial charge in [0.2, 0.25) is 5.91 Å². The molecule has 1 aliphatic rings. The monoisotopic (exact) mass is 194 g/mol. The summed E-state index contributed by atoms with van der Waals surface area (Å²) in [5.74, 6) is -0.489. The minimum absolute atomic E-state index is 0.246. The van der Waals surface area contributed by atoms with E-state index in [1.165, 1.54) is 11.2 Å². The number of primary amides is 1. The summed E-state index contributed by atoms with van der Waals surface area (Å²) >= 11 is 0. The molecule has 2 heterocycles. The Bertz CT molecular complexity index is 358. The third-order valence-electron chi connectivity index (χ3n) is 2.34. The fraction of sp³-hybridized carbons (Fsp3) is 0.333. The Kier molecular flexibility index (Phi) is 1.99. The van der Waals surface area contributed by atoms with E-state index in [0.717, 1.165) is 0 Å². The highest BCUT2D eigenvalue weighted by molar-refractivity contribution is 5.96. The average Bonchev–Trinajstić information content (AvgIpc) is 2.51. The molecule has 0 bridgehead atoms. The van der Waals surface area contributed by atoms with Gasteiger partial charge in [0.05, 0.1) is 6.26 Å². The third-order valence-corrected chi connectivity index (χ3v) is 2.34. The maximum atomic E-state index is 11.6. The highest BCUT2D eigenvalue weighted by atomic mass is 16.3. The van der Waals surface area contributed by atoms with Crippen LogP contribution in [-0.4, -0.2) is 29.3 Å². The maximum absolute atomic E-state index is 11.6. The first-order valence-electron chi connectivity index (χ1n) is 4.34. The fourth-order valence-electron chi connectivity index (χ4n) is 1.47. The van der Waals surface area contributed by atoms with Gasteiger partial charge in [-0.1, -0.05) is 0 Å².